The van der Waals surface area contributed by atoms with Crippen molar-refractivity contribution in [2.45, 2.75) is 76.8 Å². The molecule has 0 heterocycles. The van der Waals surface area contributed by atoms with Gasteiger partial charge in [0.25, 0.3) is 0 Å². The van der Waals surface area contributed by atoms with Crippen LogP contribution < -0.4 is 16.0 Å². The lowest BCUT2D eigenvalue weighted by Crippen LogP contribution is -2.44. The van der Waals surface area contributed by atoms with Crippen LogP contribution in [0.5, 0.6) is 0 Å². The third kappa shape index (κ3) is 8.52. The van der Waals surface area contributed by atoms with Crippen molar-refractivity contribution >= 4 is 11.6 Å². The molecule has 0 saturated heterocycles. The average molecular weight is 494 g/mol. The van der Waals surface area contributed by atoms with Gasteiger partial charge in [-0.1, -0.05) is 20.4 Å². The number of nitrogens with one attached hydrogen (secondary N) is 3. The molecule has 1 saturated carbocycles. The fourth-order valence-corrected chi connectivity index (χ4v) is 4.08. The number of hydrogen-bond donors (Lipinski definition) is 3. The third-order valence-electron chi connectivity index (χ3n) is 6.29. The van der Waals surface area contributed by atoms with Gasteiger partial charge in [0, 0.05) is 24.3 Å². The lowest BCUT2D eigenvalue weighted by molar-refractivity contribution is -0.143. The molecular formula is C24H33F6N3O. The van der Waals surface area contributed by atoms with Gasteiger partial charge < -0.3 is 16.0 Å². The van der Waals surface area contributed by atoms with Crippen LogP contribution in [-0.4, -0.2) is 31.1 Å². The Labute approximate surface area is 196 Å². The molecule has 1 amide bonds. The fourth-order valence-electron chi connectivity index (χ4n) is 4.08. The van der Waals surface area contributed by atoms with Crippen LogP contribution in [0.25, 0.3) is 5.70 Å². The van der Waals surface area contributed by atoms with Crippen molar-refractivity contribution in [2.24, 2.45) is 5.92 Å². The van der Waals surface area contributed by atoms with E-state index in [1.54, 1.807) is 0 Å². The lowest BCUT2D eigenvalue weighted by atomic mass is 9.86. The van der Waals surface area contributed by atoms with Gasteiger partial charge in [-0.05, 0) is 68.2 Å². The highest BCUT2D eigenvalue weighted by Crippen LogP contribution is 2.37. The van der Waals surface area contributed by atoms with Crippen molar-refractivity contribution in [3.05, 3.63) is 41.5 Å². The Morgan fingerprint density at radius 1 is 0.971 bits per heavy atom. The summed E-state index contributed by atoms with van der Waals surface area (Å²) >= 11 is 0. The molecule has 3 N–H and O–H groups in total. The smallest absolute Gasteiger partial charge is 0.385 e. The van der Waals surface area contributed by atoms with Crippen molar-refractivity contribution in [1.29, 1.82) is 0 Å². The topological polar surface area (TPSA) is 53.2 Å². The van der Waals surface area contributed by atoms with Crippen molar-refractivity contribution < 1.29 is 31.1 Å². The predicted molar refractivity (Wildman–Crippen MR) is 120 cm³/mol. The summed E-state index contributed by atoms with van der Waals surface area (Å²) in [7, 11) is 0. The van der Waals surface area contributed by atoms with Crippen molar-refractivity contribution in [1.82, 2.24) is 16.0 Å². The second-order valence-corrected chi connectivity index (χ2v) is 8.83. The van der Waals surface area contributed by atoms with Crippen LogP contribution in [0.1, 0.15) is 69.1 Å². The monoisotopic (exact) mass is 493 g/mol. The molecule has 1 fully saturated rings. The van der Waals surface area contributed by atoms with Crippen LogP contribution in [-0.2, 0) is 17.1 Å². The highest BCUT2D eigenvalue weighted by Gasteiger charge is 2.37. The zero-order valence-corrected chi connectivity index (χ0v) is 19.5. The zero-order valence-electron chi connectivity index (χ0n) is 19.5. The first-order chi connectivity index (χ1) is 15.8. The molecule has 1 aliphatic rings. The molecule has 0 atom stereocenters. The molecule has 192 valence electrons. The van der Waals surface area contributed by atoms with Crippen LogP contribution in [0.4, 0.5) is 26.3 Å². The Morgan fingerprint density at radius 3 is 1.97 bits per heavy atom. The van der Waals surface area contributed by atoms with Crippen LogP contribution in [0.3, 0.4) is 0 Å². The molecule has 10 heteroatoms. The van der Waals surface area contributed by atoms with Gasteiger partial charge in [0.15, 0.2) is 0 Å². The molecule has 34 heavy (non-hydrogen) atoms. The number of hydrogen-bond acceptors (Lipinski definition) is 3. The number of benzene rings is 1. The highest BCUT2D eigenvalue weighted by atomic mass is 19.4. The largest absolute Gasteiger partial charge is 0.416 e. The molecule has 0 bridgehead atoms. The van der Waals surface area contributed by atoms with Crippen molar-refractivity contribution in [2.75, 3.05) is 13.1 Å². The number of halogens is 6. The average Bonchev–Trinajstić information content (AvgIpc) is 2.78. The Balaban J connectivity index is 1.85. The number of carbonyl (C=O) groups excluding carboxylic acids is 1. The molecule has 1 aromatic carbocycles. The molecule has 2 rings (SSSR count). The van der Waals surface area contributed by atoms with Gasteiger partial charge in [-0.15, -0.1) is 0 Å². The predicted octanol–water partition coefficient (Wildman–Crippen LogP) is 5.74. The van der Waals surface area contributed by atoms with E-state index in [1.165, 1.54) is 0 Å². The second kappa shape index (κ2) is 12.0. The van der Waals surface area contributed by atoms with Gasteiger partial charge in [-0.3, -0.25) is 4.79 Å². The first kappa shape index (κ1) is 28.0. The first-order valence-corrected chi connectivity index (χ1v) is 11.6. The van der Waals surface area contributed by atoms with Crippen LogP contribution in [0.15, 0.2) is 24.8 Å². The fraction of sp³-hybridized carbons (Fsp3) is 0.625. The SMILES string of the molecule is C=C(NCC1CCC(NCC(=O)NC(CC)CC)CC1)c1cc(C(F)(F)F)cc(C(F)(F)F)c1. The Kier molecular flexibility index (Phi) is 9.84. The molecule has 0 unspecified atom stereocenters. The number of rotatable bonds is 10. The molecule has 1 aromatic rings. The molecule has 0 radical (unpaired) electrons. The van der Waals surface area contributed by atoms with E-state index >= 15 is 0 Å². The molecule has 4 nitrogen and oxygen atoms in total. The van der Waals surface area contributed by atoms with E-state index in [9.17, 15) is 31.1 Å². The number of alkyl halides is 6. The zero-order chi connectivity index (χ0) is 25.5. The molecular weight excluding hydrogens is 460 g/mol. The van der Waals surface area contributed by atoms with E-state index in [2.05, 4.69) is 22.5 Å². The Hall–Kier alpha value is -2.23. The normalized spacial score (nSPS) is 19.2. The highest BCUT2D eigenvalue weighted by molar-refractivity contribution is 5.78. The summed E-state index contributed by atoms with van der Waals surface area (Å²) < 4.78 is 78.5. The van der Waals surface area contributed by atoms with E-state index in [4.69, 9.17) is 0 Å². The Bertz CT molecular complexity index is 793. The summed E-state index contributed by atoms with van der Waals surface area (Å²) in [5.74, 6) is 0.175. The van der Waals surface area contributed by atoms with Gasteiger partial charge in [-0.2, -0.15) is 26.3 Å². The minimum absolute atomic E-state index is 0.0231. The van der Waals surface area contributed by atoms with Gasteiger partial charge in [-0.25, -0.2) is 0 Å². The summed E-state index contributed by atoms with van der Waals surface area (Å²) in [4.78, 5) is 12.0. The maximum absolute atomic E-state index is 13.1. The van der Waals surface area contributed by atoms with Crippen molar-refractivity contribution in [3.8, 4) is 0 Å². The summed E-state index contributed by atoms with van der Waals surface area (Å²) in [6.07, 6.45) is -4.73. The molecule has 1 aliphatic carbocycles. The molecule has 0 aromatic heterocycles. The minimum atomic E-state index is -4.90. The van der Waals surface area contributed by atoms with E-state index in [0.717, 1.165) is 38.5 Å². The van der Waals surface area contributed by atoms with E-state index in [0.29, 0.717) is 18.7 Å². The van der Waals surface area contributed by atoms with Crippen LogP contribution in [0.2, 0.25) is 0 Å². The standard InChI is InChI=1S/C24H33F6N3O/c1-4-20(5-2)33-22(34)14-32-21-8-6-16(7-9-21)13-31-15(3)17-10-18(23(25,26)27)12-19(11-17)24(28,29)30/h10-12,16,20-21,31-32H,3-9,13-14H2,1-2H3,(H,33,34). The van der Waals surface area contributed by atoms with Gasteiger partial charge in [0.1, 0.15) is 0 Å². The Morgan fingerprint density at radius 2 is 1.50 bits per heavy atom. The van der Waals surface area contributed by atoms with E-state index < -0.39 is 23.5 Å². The molecule has 0 spiro atoms. The first-order valence-electron chi connectivity index (χ1n) is 11.6. The summed E-state index contributed by atoms with van der Waals surface area (Å²) in [6, 6.07) is 1.84. The van der Waals surface area contributed by atoms with Crippen LogP contribution in [0, 0.1) is 5.92 Å². The summed E-state index contributed by atoms with van der Waals surface area (Å²) in [6.45, 7) is 8.35. The molecule has 0 aliphatic heterocycles. The number of carbonyl (C=O) groups is 1. The lowest BCUT2D eigenvalue weighted by Gasteiger charge is -2.30. The van der Waals surface area contributed by atoms with Crippen molar-refractivity contribution in [3.63, 3.8) is 0 Å². The van der Waals surface area contributed by atoms with Gasteiger partial charge in [0.05, 0.1) is 17.7 Å². The second-order valence-electron chi connectivity index (χ2n) is 8.83. The maximum Gasteiger partial charge on any atom is 0.416 e. The summed E-state index contributed by atoms with van der Waals surface area (Å²) in [5, 5.41) is 9.15. The van der Waals surface area contributed by atoms with Gasteiger partial charge >= 0.3 is 12.4 Å². The quantitative estimate of drug-likeness (QED) is 0.365. The minimum Gasteiger partial charge on any atom is -0.385 e. The third-order valence-corrected chi connectivity index (χ3v) is 6.29. The maximum atomic E-state index is 13.1. The number of amides is 1. The van der Waals surface area contributed by atoms with E-state index in [1.807, 2.05) is 13.8 Å². The van der Waals surface area contributed by atoms with E-state index in [-0.39, 0.29) is 47.8 Å². The van der Waals surface area contributed by atoms with Gasteiger partial charge in [0.2, 0.25) is 5.91 Å². The summed E-state index contributed by atoms with van der Waals surface area (Å²) in [5.41, 5.74) is -2.93. The van der Waals surface area contributed by atoms with Crippen LogP contribution >= 0.6 is 0 Å².